The van der Waals surface area contributed by atoms with Gasteiger partial charge in [0, 0.05) is 5.41 Å². The average Bonchev–Trinajstić information content (AvgIpc) is 2.29. The molecule has 2 N–H and O–H groups in total. The number of hydrogen-bond donors (Lipinski definition) is 1. The first-order valence-electron chi connectivity index (χ1n) is 4.71. The maximum atomic E-state index is 10.7. The molecular formula is C10H16N2O2. The third-order valence-electron chi connectivity index (χ3n) is 3.64. The van der Waals surface area contributed by atoms with E-state index < -0.39 is 11.5 Å². The van der Waals surface area contributed by atoms with Gasteiger partial charge in [0.05, 0.1) is 11.5 Å². The van der Waals surface area contributed by atoms with Crippen LogP contribution in [-0.4, -0.2) is 12.2 Å². The predicted molar refractivity (Wildman–Crippen MR) is 51.2 cm³/mol. The van der Waals surface area contributed by atoms with Crippen molar-refractivity contribution < 1.29 is 9.53 Å². The van der Waals surface area contributed by atoms with Crippen molar-refractivity contribution in [3.63, 3.8) is 0 Å². The summed E-state index contributed by atoms with van der Waals surface area (Å²) >= 11 is 0. The molecule has 0 spiro atoms. The minimum absolute atomic E-state index is 0.246. The van der Waals surface area contributed by atoms with Gasteiger partial charge in [-0.15, -0.1) is 0 Å². The number of carbonyl (C=O) groups excluding carboxylic acids is 1. The Balaban J connectivity index is 2.87. The number of primary amides is 1. The summed E-state index contributed by atoms with van der Waals surface area (Å²) in [7, 11) is 0. The van der Waals surface area contributed by atoms with Gasteiger partial charge in [-0.2, -0.15) is 5.26 Å². The molecule has 0 heterocycles. The van der Waals surface area contributed by atoms with Crippen molar-refractivity contribution >= 4 is 6.09 Å². The lowest BCUT2D eigenvalue weighted by molar-refractivity contribution is 0.0191. The monoisotopic (exact) mass is 196 g/mol. The number of ether oxygens (including phenoxy) is 1. The summed E-state index contributed by atoms with van der Waals surface area (Å²) in [5.74, 6) is 0. The van der Waals surface area contributed by atoms with Crippen molar-refractivity contribution in [2.75, 3.05) is 0 Å². The molecule has 0 saturated heterocycles. The number of hydrogen-bond acceptors (Lipinski definition) is 3. The van der Waals surface area contributed by atoms with Crippen LogP contribution in [0.3, 0.4) is 0 Å². The van der Waals surface area contributed by atoms with E-state index in [4.69, 9.17) is 15.7 Å². The third-order valence-corrected chi connectivity index (χ3v) is 3.64. The molecule has 78 valence electrons. The lowest BCUT2D eigenvalue weighted by Gasteiger charge is -2.35. The fourth-order valence-corrected chi connectivity index (χ4v) is 2.00. The second-order valence-corrected chi connectivity index (χ2v) is 4.63. The van der Waals surface area contributed by atoms with Gasteiger partial charge in [-0.3, -0.25) is 0 Å². The molecule has 1 aliphatic carbocycles. The van der Waals surface area contributed by atoms with Crippen LogP contribution in [0.15, 0.2) is 0 Å². The average molecular weight is 196 g/mol. The van der Waals surface area contributed by atoms with Gasteiger partial charge in [-0.05, 0) is 19.8 Å². The highest BCUT2D eigenvalue weighted by atomic mass is 16.6. The number of rotatable bonds is 1. The zero-order valence-corrected chi connectivity index (χ0v) is 8.83. The topological polar surface area (TPSA) is 76.1 Å². The summed E-state index contributed by atoms with van der Waals surface area (Å²) in [6, 6.07) is 2.30. The normalized spacial score (nSPS) is 34.9. The number of carbonyl (C=O) groups is 1. The van der Waals surface area contributed by atoms with E-state index in [2.05, 4.69) is 6.07 Å². The zero-order chi connectivity index (χ0) is 11.0. The van der Waals surface area contributed by atoms with Crippen molar-refractivity contribution in [3.8, 4) is 6.07 Å². The Hall–Kier alpha value is -1.24. The number of nitriles is 1. The highest BCUT2D eigenvalue weighted by molar-refractivity contribution is 5.65. The Kier molecular flexibility index (Phi) is 2.45. The first-order valence-corrected chi connectivity index (χ1v) is 4.71. The maximum absolute atomic E-state index is 10.7. The molecule has 1 fully saturated rings. The van der Waals surface area contributed by atoms with Gasteiger partial charge in [-0.25, -0.2) is 4.79 Å². The first kappa shape index (κ1) is 10.8. The van der Waals surface area contributed by atoms with Crippen LogP contribution in [-0.2, 0) is 4.74 Å². The van der Waals surface area contributed by atoms with Crippen LogP contribution in [0, 0.1) is 22.2 Å². The summed E-state index contributed by atoms with van der Waals surface area (Å²) < 4.78 is 5.01. The van der Waals surface area contributed by atoms with E-state index in [1.807, 2.05) is 20.8 Å². The lowest BCUT2D eigenvalue weighted by Crippen LogP contribution is -2.39. The summed E-state index contributed by atoms with van der Waals surface area (Å²) in [5, 5.41) is 9.09. The molecule has 1 rings (SSSR count). The third kappa shape index (κ3) is 1.43. The fraction of sp³-hybridized carbons (Fsp3) is 0.800. The van der Waals surface area contributed by atoms with Gasteiger partial charge in [0.1, 0.15) is 6.10 Å². The molecule has 0 bridgehead atoms. The quantitative estimate of drug-likeness (QED) is 0.694. The highest BCUT2D eigenvalue weighted by Crippen LogP contribution is 2.53. The molecule has 1 saturated carbocycles. The largest absolute Gasteiger partial charge is 0.446 e. The van der Waals surface area contributed by atoms with Crippen LogP contribution in [0.1, 0.15) is 33.6 Å². The Bertz CT molecular complexity index is 293. The summed E-state index contributed by atoms with van der Waals surface area (Å²) in [4.78, 5) is 10.7. The van der Waals surface area contributed by atoms with E-state index in [9.17, 15) is 4.79 Å². The van der Waals surface area contributed by atoms with Crippen molar-refractivity contribution in [1.29, 1.82) is 5.26 Å². The van der Waals surface area contributed by atoms with Gasteiger partial charge >= 0.3 is 6.09 Å². The number of amides is 1. The fourth-order valence-electron chi connectivity index (χ4n) is 2.00. The van der Waals surface area contributed by atoms with E-state index in [0.29, 0.717) is 6.42 Å². The summed E-state index contributed by atoms with van der Waals surface area (Å²) in [5.41, 5.74) is 4.21. The number of nitrogens with two attached hydrogens (primary N) is 1. The van der Waals surface area contributed by atoms with E-state index in [-0.39, 0.29) is 11.5 Å². The van der Waals surface area contributed by atoms with Gasteiger partial charge in [0.25, 0.3) is 0 Å². The summed E-state index contributed by atoms with van der Waals surface area (Å²) in [6.45, 7) is 5.78. The molecule has 0 aromatic carbocycles. The van der Waals surface area contributed by atoms with E-state index in [0.717, 1.165) is 6.42 Å². The molecular weight excluding hydrogens is 180 g/mol. The van der Waals surface area contributed by atoms with Gasteiger partial charge in [0.15, 0.2) is 0 Å². The van der Waals surface area contributed by atoms with Gasteiger partial charge in [-0.1, -0.05) is 13.8 Å². The molecule has 1 amide bonds. The molecule has 0 aromatic heterocycles. The Labute approximate surface area is 84.0 Å². The molecule has 1 aliphatic rings. The van der Waals surface area contributed by atoms with Crippen LogP contribution < -0.4 is 5.73 Å². The van der Waals surface area contributed by atoms with Gasteiger partial charge in [0.2, 0.25) is 0 Å². The van der Waals surface area contributed by atoms with Crippen LogP contribution in [0.5, 0.6) is 0 Å². The summed E-state index contributed by atoms with van der Waals surface area (Å²) in [6.07, 6.45) is 0.448. The Morgan fingerprint density at radius 2 is 2.14 bits per heavy atom. The molecule has 0 radical (unpaired) electrons. The molecule has 0 aliphatic heterocycles. The SMILES string of the molecule is CC1(C)[C@H](OC(N)=O)CC[C@]1(C)C#N. The molecule has 0 aromatic rings. The maximum Gasteiger partial charge on any atom is 0.404 e. The first-order chi connectivity index (χ1) is 6.33. The molecule has 14 heavy (non-hydrogen) atoms. The highest BCUT2D eigenvalue weighted by Gasteiger charge is 2.53. The van der Waals surface area contributed by atoms with Crippen molar-refractivity contribution in [2.45, 2.75) is 39.7 Å². The van der Waals surface area contributed by atoms with Crippen LogP contribution in [0.25, 0.3) is 0 Å². The minimum atomic E-state index is -0.759. The molecule has 4 nitrogen and oxygen atoms in total. The second-order valence-electron chi connectivity index (χ2n) is 4.63. The standard InChI is InChI=1S/C10H16N2O2/c1-9(2)7(14-8(12)13)4-5-10(9,3)6-11/h7H,4-5H2,1-3H3,(H2,12,13)/t7-,10-/m1/s1. The predicted octanol–water partition coefficient (Wildman–Crippen LogP) is 1.80. The van der Waals surface area contributed by atoms with Crippen molar-refractivity contribution in [2.24, 2.45) is 16.6 Å². The minimum Gasteiger partial charge on any atom is -0.446 e. The second kappa shape index (κ2) is 3.16. The molecule has 2 atom stereocenters. The number of nitrogens with zero attached hydrogens (tertiary/aromatic N) is 1. The van der Waals surface area contributed by atoms with Crippen LogP contribution in [0.2, 0.25) is 0 Å². The zero-order valence-electron chi connectivity index (χ0n) is 8.83. The van der Waals surface area contributed by atoms with E-state index in [1.165, 1.54) is 0 Å². The van der Waals surface area contributed by atoms with E-state index >= 15 is 0 Å². The smallest absolute Gasteiger partial charge is 0.404 e. The van der Waals surface area contributed by atoms with E-state index in [1.54, 1.807) is 0 Å². The lowest BCUT2D eigenvalue weighted by atomic mass is 9.69. The Morgan fingerprint density at radius 1 is 1.57 bits per heavy atom. The molecule has 0 unspecified atom stereocenters. The van der Waals surface area contributed by atoms with Crippen LogP contribution >= 0.6 is 0 Å². The van der Waals surface area contributed by atoms with Crippen LogP contribution in [0.4, 0.5) is 4.79 Å². The Morgan fingerprint density at radius 3 is 2.50 bits per heavy atom. The van der Waals surface area contributed by atoms with Gasteiger partial charge < -0.3 is 10.5 Å². The van der Waals surface area contributed by atoms with Crippen molar-refractivity contribution in [1.82, 2.24) is 0 Å². The van der Waals surface area contributed by atoms with Crippen molar-refractivity contribution in [3.05, 3.63) is 0 Å². The molecule has 4 heteroatoms.